The van der Waals surface area contributed by atoms with Gasteiger partial charge in [-0.15, -0.1) is 0 Å². The number of methoxy groups -OCH3 is 1. The van der Waals surface area contributed by atoms with E-state index in [-0.39, 0.29) is 11.6 Å². The number of nitrogens with one attached hydrogen (secondary N) is 1. The summed E-state index contributed by atoms with van der Waals surface area (Å²) in [6, 6.07) is -0.0391. The molecule has 1 atom stereocenters. The first-order valence-electron chi connectivity index (χ1n) is 6.21. The summed E-state index contributed by atoms with van der Waals surface area (Å²) in [6.45, 7) is 7.14. The number of rotatable bonds is 7. The normalized spacial score (nSPS) is 13.9. The van der Waals surface area contributed by atoms with E-state index in [1.165, 1.54) is 0 Å². The second kappa shape index (κ2) is 6.14. The molecule has 0 aromatic carbocycles. The lowest BCUT2D eigenvalue weighted by molar-refractivity contribution is -0.0487. The Kier molecular flexibility index (Phi) is 5.11. The highest BCUT2D eigenvalue weighted by molar-refractivity contribution is 5.16. The molecular formula is C12H24N4O. The molecule has 1 aromatic heterocycles. The number of ether oxygens (including phenoxy) is 1. The Labute approximate surface area is 103 Å². The van der Waals surface area contributed by atoms with Crippen molar-refractivity contribution in [2.45, 2.75) is 51.8 Å². The van der Waals surface area contributed by atoms with E-state index in [0.29, 0.717) is 0 Å². The molecule has 1 heterocycles. The van der Waals surface area contributed by atoms with Crippen LogP contribution in [-0.4, -0.2) is 22.5 Å². The molecule has 5 nitrogen and oxygen atoms in total. The van der Waals surface area contributed by atoms with Crippen LogP contribution in [0.15, 0.2) is 12.4 Å². The number of aromatic nitrogens is 2. The minimum atomic E-state index is -0.281. The number of aryl methyl sites for hydroxylation is 1. The molecule has 0 aliphatic carbocycles. The molecule has 0 fully saturated rings. The average molecular weight is 240 g/mol. The third kappa shape index (κ3) is 2.68. The Hall–Kier alpha value is -0.910. The summed E-state index contributed by atoms with van der Waals surface area (Å²) in [5, 5.41) is 4.29. The fourth-order valence-corrected chi connectivity index (χ4v) is 2.32. The van der Waals surface area contributed by atoms with Crippen molar-refractivity contribution in [2.24, 2.45) is 5.84 Å². The summed E-state index contributed by atoms with van der Waals surface area (Å²) < 4.78 is 7.60. The second-order valence-electron chi connectivity index (χ2n) is 4.21. The summed E-state index contributed by atoms with van der Waals surface area (Å²) >= 11 is 0. The van der Waals surface area contributed by atoms with Gasteiger partial charge in [0.25, 0.3) is 0 Å². The van der Waals surface area contributed by atoms with Crippen LogP contribution in [0.3, 0.4) is 0 Å². The lowest BCUT2D eigenvalue weighted by atomic mass is 9.85. The van der Waals surface area contributed by atoms with E-state index in [0.717, 1.165) is 24.9 Å². The maximum atomic E-state index is 5.71. The van der Waals surface area contributed by atoms with Crippen LogP contribution in [0, 0.1) is 0 Å². The number of hydrogen-bond acceptors (Lipinski definition) is 4. The molecule has 1 unspecified atom stereocenters. The number of nitrogens with two attached hydrogens (primary N) is 1. The van der Waals surface area contributed by atoms with Crippen LogP contribution in [0.25, 0.3) is 0 Å². The highest BCUT2D eigenvalue weighted by atomic mass is 16.5. The Bertz CT molecular complexity index is 325. The summed E-state index contributed by atoms with van der Waals surface area (Å²) in [5.74, 6) is 5.70. The van der Waals surface area contributed by atoms with Gasteiger partial charge in [-0.1, -0.05) is 13.8 Å². The maximum absolute atomic E-state index is 5.71. The smallest absolute Gasteiger partial charge is 0.0881 e. The van der Waals surface area contributed by atoms with Crippen LogP contribution in [-0.2, 0) is 11.3 Å². The van der Waals surface area contributed by atoms with Crippen LogP contribution < -0.4 is 11.3 Å². The predicted octanol–water partition coefficient (Wildman–Crippen LogP) is 1.61. The molecule has 0 saturated heterocycles. The first-order valence-corrected chi connectivity index (χ1v) is 6.21. The predicted molar refractivity (Wildman–Crippen MR) is 68.3 cm³/mol. The lowest BCUT2D eigenvalue weighted by Crippen LogP contribution is -2.47. The van der Waals surface area contributed by atoms with E-state index >= 15 is 0 Å². The third-order valence-corrected chi connectivity index (χ3v) is 3.61. The quantitative estimate of drug-likeness (QED) is 0.561. The molecule has 0 saturated carbocycles. The highest BCUT2D eigenvalue weighted by Crippen LogP contribution is 2.34. The van der Waals surface area contributed by atoms with Crippen molar-refractivity contribution in [1.82, 2.24) is 15.2 Å². The minimum Gasteiger partial charge on any atom is -0.376 e. The maximum Gasteiger partial charge on any atom is 0.0881 e. The van der Waals surface area contributed by atoms with Crippen LogP contribution in [0.5, 0.6) is 0 Å². The van der Waals surface area contributed by atoms with Gasteiger partial charge < -0.3 is 4.74 Å². The van der Waals surface area contributed by atoms with Gasteiger partial charge in [-0.25, -0.2) is 5.43 Å². The Morgan fingerprint density at radius 3 is 2.47 bits per heavy atom. The fraction of sp³-hybridized carbons (Fsp3) is 0.750. The lowest BCUT2D eigenvalue weighted by Gasteiger charge is -2.37. The zero-order valence-electron chi connectivity index (χ0n) is 11.2. The van der Waals surface area contributed by atoms with Crippen LogP contribution >= 0.6 is 0 Å². The largest absolute Gasteiger partial charge is 0.376 e. The molecule has 0 bridgehead atoms. The number of hydrogen-bond donors (Lipinski definition) is 2. The molecule has 0 amide bonds. The van der Waals surface area contributed by atoms with E-state index in [9.17, 15) is 0 Å². The Balaban J connectivity index is 3.03. The van der Waals surface area contributed by atoms with Crippen molar-refractivity contribution < 1.29 is 4.74 Å². The second-order valence-corrected chi connectivity index (χ2v) is 4.21. The van der Waals surface area contributed by atoms with Crippen LogP contribution in [0.4, 0.5) is 0 Å². The van der Waals surface area contributed by atoms with Crippen molar-refractivity contribution in [3.05, 3.63) is 18.0 Å². The first kappa shape index (κ1) is 14.2. The van der Waals surface area contributed by atoms with Gasteiger partial charge in [0.05, 0.1) is 17.8 Å². The zero-order chi connectivity index (χ0) is 12.9. The van der Waals surface area contributed by atoms with Gasteiger partial charge in [-0.05, 0) is 19.8 Å². The van der Waals surface area contributed by atoms with Gasteiger partial charge in [-0.3, -0.25) is 10.5 Å². The first-order chi connectivity index (χ1) is 8.17. The molecule has 0 spiro atoms. The SMILES string of the molecule is CCn1cc(C(NN)C(CC)(CC)OC)cn1. The molecule has 0 radical (unpaired) electrons. The molecule has 1 rings (SSSR count). The van der Waals surface area contributed by atoms with E-state index in [4.69, 9.17) is 10.6 Å². The van der Waals surface area contributed by atoms with E-state index in [2.05, 4.69) is 31.3 Å². The van der Waals surface area contributed by atoms with Crippen molar-refractivity contribution in [1.29, 1.82) is 0 Å². The topological polar surface area (TPSA) is 65.1 Å². The molecule has 5 heteroatoms. The van der Waals surface area contributed by atoms with Gasteiger partial charge in [0, 0.05) is 25.4 Å². The molecule has 0 aliphatic heterocycles. The highest BCUT2D eigenvalue weighted by Gasteiger charge is 2.37. The fourth-order valence-electron chi connectivity index (χ4n) is 2.32. The van der Waals surface area contributed by atoms with Gasteiger partial charge in [-0.2, -0.15) is 5.10 Å². The number of hydrazine groups is 1. The van der Waals surface area contributed by atoms with E-state index < -0.39 is 0 Å². The monoisotopic (exact) mass is 240 g/mol. The summed E-state index contributed by atoms with van der Waals surface area (Å²) in [5.41, 5.74) is 3.66. The minimum absolute atomic E-state index is 0.0391. The van der Waals surface area contributed by atoms with Crippen molar-refractivity contribution in [2.75, 3.05) is 7.11 Å². The summed E-state index contributed by atoms with van der Waals surface area (Å²) in [7, 11) is 1.74. The third-order valence-electron chi connectivity index (χ3n) is 3.61. The number of nitrogens with zero attached hydrogens (tertiary/aromatic N) is 2. The van der Waals surface area contributed by atoms with E-state index in [1.54, 1.807) is 7.11 Å². The zero-order valence-corrected chi connectivity index (χ0v) is 11.2. The van der Waals surface area contributed by atoms with Gasteiger partial charge in [0.1, 0.15) is 0 Å². The molecule has 98 valence electrons. The van der Waals surface area contributed by atoms with Crippen molar-refractivity contribution in [3.63, 3.8) is 0 Å². The summed E-state index contributed by atoms with van der Waals surface area (Å²) in [4.78, 5) is 0. The van der Waals surface area contributed by atoms with E-state index in [1.807, 2.05) is 17.1 Å². The summed E-state index contributed by atoms with van der Waals surface area (Å²) in [6.07, 6.45) is 5.66. The molecule has 1 aromatic rings. The van der Waals surface area contributed by atoms with Crippen LogP contribution in [0.1, 0.15) is 45.2 Å². The average Bonchev–Trinajstić information content (AvgIpc) is 2.84. The molecule has 0 aliphatic rings. The molecular weight excluding hydrogens is 216 g/mol. The van der Waals surface area contributed by atoms with Crippen molar-refractivity contribution >= 4 is 0 Å². The van der Waals surface area contributed by atoms with Gasteiger partial charge >= 0.3 is 0 Å². The Morgan fingerprint density at radius 2 is 2.12 bits per heavy atom. The standard InChI is InChI=1S/C12H24N4O/c1-5-12(6-2,17-4)11(15-13)10-8-14-16(7-3)9-10/h8-9,11,15H,5-7,13H2,1-4H3. The van der Waals surface area contributed by atoms with Crippen LogP contribution in [0.2, 0.25) is 0 Å². The molecule has 17 heavy (non-hydrogen) atoms. The van der Waals surface area contributed by atoms with Gasteiger partial charge in [0.2, 0.25) is 0 Å². The van der Waals surface area contributed by atoms with Crippen molar-refractivity contribution in [3.8, 4) is 0 Å². The molecule has 3 N–H and O–H groups in total. The van der Waals surface area contributed by atoms with Gasteiger partial charge in [0.15, 0.2) is 0 Å². The Morgan fingerprint density at radius 1 is 1.47 bits per heavy atom.